The number of carbonyl (C=O) groups excluding carboxylic acids is 1. The van der Waals surface area contributed by atoms with Crippen molar-refractivity contribution >= 4 is 16.0 Å². The Morgan fingerprint density at radius 1 is 0.474 bits per heavy atom. The molecule has 1 amide bonds. The summed E-state index contributed by atoms with van der Waals surface area (Å²) >= 11 is 0. The maximum absolute atomic E-state index is 12.6. The molecule has 0 saturated carbocycles. The van der Waals surface area contributed by atoms with Crippen LogP contribution < -0.4 is 5.32 Å². The van der Waals surface area contributed by atoms with Crippen LogP contribution in [-0.2, 0) is 14.9 Å². The molecule has 0 radical (unpaired) electrons. The van der Waals surface area contributed by atoms with E-state index in [2.05, 4.69) is 67.8 Å². The van der Waals surface area contributed by atoms with E-state index >= 15 is 0 Å². The van der Waals surface area contributed by atoms with E-state index in [4.69, 9.17) is 0 Å². The van der Waals surface area contributed by atoms with Gasteiger partial charge in [-0.1, -0.05) is 216 Å². The highest BCUT2D eigenvalue weighted by molar-refractivity contribution is 7.85. The summed E-state index contributed by atoms with van der Waals surface area (Å²) in [4.78, 5) is 12.6. The maximum Gasteiger partial charge on any atom is 0.267 e. The smallest absolute Gasteiger partial charge is 0.267 e. The van der Waals surface area contributed by atoms with Gasteiger partial charge in [0.15, 0.2) is 0 Å². The number of amides is 1. The molecule has 0 bridgehead atoms. The van der Waals surface area contributed by atoms with Gasteiger partial charge in [0.2, 0.25) is 5.91 Å². The number of carbonyl (C=O) groups is 1. The number of allylic oxidation sites excluding steroid dienone is 9. The Morgan fingerprint density at radius 3 is 1.23 bits per heavy atom. The first-order chi connectivity index (χ1) is 27.8. The molecule has 0 aromatic rings. The molecule has 0 aliphatic heterocycles. The van der Waals surface area contributed by atoms with Crippen LogP contribution in [0.1, 0.15) is 232 Å². The molecule has 0 heterocycles. The van der Waals surface area contributed by atoms with Crippen molar-refractivity contribution in [2.45, 2.75) is 244 Å². The largest absolute Gasteiger partial charge is 0.387 e. The summed E-state index contributed by atoms with van der Waals surface area (Å²) in [5, 5.41) is 13.3. The number of unbranched alkanes of at least 4 members (excludes halogenated alkanes) is 27. The van der Waals surface area contributed by atoms with Gasteiger partial charge in [0.1, 0.15) is 0 Å². The van der Waals surface area contributed by atoms with Crippen LogP contribution in [0.3, 0.4) is 0 Å². The van der Waals surface area contributed by atoms with Gasteiger partial charge in [0.05, 0.1) is 17.9 Å². The molecule has 332 valence electrons. The van der Waals surface area contributed by atoms with E-state index in [1.54, 1.807) is 0 Å². The van der Waals surface area contributed by atoms with E-state index in [1.165, 1.54) is 154 Å². The van der Waals surface area contributed by atoms with Crippen molar-refractivity contribution in [2.75, 3.05) is 5.75 Å². The summed E-state index contributed by atoms with van der Waals surface area (Å²) in [7, 11) is -4.36. The predicted octanol–water partition coefficient (Wildman–Crippen LogP) is 14.8. The SMILES string of the molecule is CCCCCCC/C=C\C/C=C\C/C=C\CCCCCCCCCCC(=O)NC(CS(=O)(=O)O)C(O)/C=C/CC/C=C/CCCCCCCCCCCCCCC. The lowest BCUT2D eigenvalue weighted by Crippen LogP contribution is -2.46. The van der Waals surface area contributed by atoms with Gasteiger partial charge in [-0.05, 0) is 70.6 Å². The van der Waals surface area contributed by atoms with Crippen molar-refractivity contribution in [2.24, 2.45) is 0 Å². The zero-order valence-electron chi connectivity index (χ0n) is 37.2. The third kappa shape index (κ3) is 45.0. The average Bonchev–Trinajstić information content (AvgIpc) is 3.18. The second-order valence-corrected chi connectivity index (χ2v) is 17.9. The summed E-state index contributed by atoms with van der Waals surface area (Å²) in [6, 6.07) is -1.08. The minimum Gasteiger partial charge on any atom is -0.387 e. The molecule has 0 rings (SSSR count). The second kappa shape index (κ2) is 43.6. The molecule has 57 heavy (non-hydrogen) atoms. The first-order valence-corrected chi connectivity index (χ1v) is 25.6. The van der Waals surface area contributed by atoms with Gasteiger partial charge < -0.3 is 10.4 Å². The Bertz CT molecular complexity index is 1130. The van der Waals surface area contributed by atoms with Gasteiger partial charge in [-0.2, -0.15) is 8.42 Å². The number of nitrogens with one attached hydrogen (secondary N) is 1. The second-order valence-electron chi connectivity index (χ2n) is 16.4. The molecule has 2 unspecified atom stereocenters. The molecule has 2 atom stereocenters. The maximum atomic E-state index is 12.6. The fourth-order valence-electron chi connectivity index (χ4n) is 7.06. The van der Waals surface area contributed by atoms with Crippen LogP contribution >= 0.6 is 0 Å². The quantitative estimate of drug-likeness (QED) is 0.0323. The number of rotatable bonds is 43. The highest BCUT2D eigenvalue weighted by Crippen LogP contribution is 2.14. The van der Waals surface area contributed by atoms with Crippen molar-refractivity contribution < 1.29 is 22.9 Å². The molecule has 0 saturated heterocycles. The van der Waals surface area contributed by atoms with Gasteiger partial charge in [-0.25, -0.2) is 0 Å². The third-order valence-electron chi connectivity index (χ3n) is 10.7. The Morgan fingerprint density at radius 2 is 0.807 bits per heavy atom. The number of hydrogen-bond donors (Lipinski definition) is 3. The van der Waals surface area contributed by atoms with Gasteiger partial charge in [-0.3, -0.25) is 9.35 Å². The van der Waals surface area contributed by atoms with Crippen molar-refractivity contribution in [1.29, 1.82) is 0 Å². The molecule has 0 aliphatic rings. The van der Waals surface area contributed by atoms with E-state index in [0.29, 0.717) is 6.42 Å². The van der Waals surface area contributed by atoms with Gasteiger partial charge in [-0.15, -0.1) is 0 Å². The van der Waals surface area contributed by atoms with E-state index in [1.807, 2.05) is 6.08 Å². The van der Waals surface area contributed by atoms with E-state index in [9.17, 15) is 22.9 Å². The van der Waals surface area contributed by atoms with Crippen molar-refractivity contribution in [3.63, 3.8) is 0 Å². The Kier molecular flexibility index (Phi) is 42.1. The molecule has 6 nitrogen and oxygen atoms in total. The van der Waals surface area contributed by atoms with Crippen LogP contribution in [0.4, 0.5) is 0 Å². The molecular weight excluding hydrogens is 727 g/mol. The summed E-state index contributed by atoms with van der Waals surface area (Å²) in [5.41, 5.74) is 0. The van der Waals surface area contributed by atoms with Crippen molar-refractivity contribution in [1.82, 2.24) is 5.32 Å². The van der Waals surface area contributed by atoms with Crippen LogP contribution in [0.15, 0.2) is 60.8 Å². The van der Waals surface area contributed by atoms with Gasteiger partial charge in [0.25, 0.3) is 10.1 Å². The summed E-state index contributed by atoms with van der Waals surface area (Å²) in [6.45, 7) is 4.53. The molecule has 0 fully saturated rings. The summed E-state index contributed by atoms with van der Waals surface area (Å²) < 4.78 is 32.6. The summed E-state index contributed by atoms with van der Waals surface area (Å²) in [5.74, 6) is -1.01. The van der Waals surface area contributed by atoms with E-state index in [-0.39, 0.29) is 12.3 Å². The lowest BCUT2D eigenvalue weighted by atomic mass is 10.0. The third-order valence-corrected chi connectivity index (χ3v) is 11.4. The average molecular weight is 818 g/mol. The first-order valence-electron chi connectivity index (χ1n) is 24.0. The molecule has 0 aliphatic carbocycles. The lowest BCUT2D eigenvalue weighted by Gasteiger charge is -2.21. The molecule has 7 heteroatoms. The zero-order chi connectivity index (χ0) is 41.8. The minimum atomic E-state index is -4.36. The Labute approximate surface area is 353 Å². The Hall–Kier alpha value is -1.96. The van der Waals surface area contributed by atoms with E-state index in [0.717, 1.165) is 57.8 Å². The van der Waals surface area contributed by atoms with Crippen molar-refractivity contribution in [3.05, 3.63) is 60.8 Å². The molecular formula is C50H91NO5S. The van der Waals surface area contributed by atoms with Crippen LogP contribution in [0.2, 0.25) is 0 Å². The standard InChI is InChI=1S/C50H91NO5S/c1-3-5-7-9-11-13-15-17-19-21-23-24-25-26-28-30-32-34-36-38-40-42-44-46-50(53)51-48(47-57(54,55)56)49(52)45-43-41-39-37-35-33-31-29-27-22-20-18-16-14-12-10-8-6-4-2/h15,17,21,23,25-26,35,37,43,45,48-49,52H,3-14,16,18-20,22,24,27-34,36,38-42,44,46-47H2,1-2H3,(H,51,53)(H,54,55,56)/b17-15-,23-21-,26-25-,37-35+,45-43+. The molecule has 3 N–H and O–H groups in total. The first kappa shape index (κ1) is 55.0. The van der Waals surface area contributed by atoms with E-state index < -0.39 is 28.0 Å². The summed E-state index contributed by atoms with van der Waals surface area (Å²) in [6.07, 6.45) is 60.7. The topological polar surface area (TPSA) is 104 Å². The number of aliphatic hydroxyl groups is 1. The number of aliphatic hydroxyl groups excluding tert-OH is 1. The van der Waals surface area contributed by atoms with Crippen LogP contribution in [0, 0.1) is 0 Å². The molecule has 0 aromatic carbocycles. The normalized spacial score (nSPS) is 13.7. The highest BCUT2D eigenvalue weighted by Gasteiger charge is 2.24. The lowest BCUT2D eigenvalue weighted by molar-refractivity contribution is -0.122. The molecule has 0 aromatic heterocycles. The monoisotopic (exact) mass is 818 g/mol. The van der Waals surface area contributed by atoms with Gasteiger partial charge >= 0.3 is 0 Å². The minimum absolute atomic E-state index is 0.278. The fourth-order valence-corrected chi connectivity index (χ4v) is 7.80. The molecule has 0 spiro atoms. The predicted molar refractivity (Wildman–Crippen MR) is 248 cm³/mol. The fraction of sp³-hybridized carbons (Fsp3) is 0.780. The van der Waals surface area contributed by atoms with Crippen molar-refractivity contribution in [3.8, 4) is 0 Å². The number of hydrogen-bond acceptors (Lipinski definition) is 4. The van der Waals surface area contributed by atoms with Crippen LogP contribution in [0.25, 0.3) is 0 Å². The van der Waals surface area contributed by atoms with Crippen LogP contribution in [0.5, 0.6) is 0 Å². The van der Waals surface area contributed by atoms with Gasteiger partial charge in [0, 0.05) is 6.42 Å². The zero-order valence-corrected chi connectivity index (χ0v) is 38.0. The Balaban J connectivity index is 3.91. The van der Waals surface area contributed by atoms with Crippen LogP contribution in [-0.4, -0.2) is 41.9 Å². The highest BCUT2D eigenvalue weighted by atomic mass is 32.2.